The smallest absolute Gasteiger partial charge is 0.251 e. The highest BCUT2D eigenvalue weighted by molar-refractivity contribution is 6.31. The third kappa shape index (κ3) is 6.02. The molecule has 2 aromatic rings. The van der Waals surface area contributed by atoms with Crippen LogP contribution in [-0.4, -0.2) is 57.0 Å². The van der Waals surface area contributed by atoms with Crippen LogP contribution in [0.5, 0.6) is 0 Å². The van der Waals surface area contributed by atoms with Crippen molar-refractivity contribution in [2.45, 2.75) is 38.3 Å². The first kappa shape index (κ1) is 22.7. The number of amides is 2. The van der Waals surface area contributed by atoms with Gasteiger partial charge in [-0.3, -0.25) is 9.59 Å². The summed E-state index contributed by atoms with van der Waals surface area (Å²) in [5.41, 5.74) is 2.14. The SMILES string of the molecule is C=CC(=O)Nc1ccccc1Cc1nc(N[C@H]2CCCN(C(=O)[C@H](C)O)C2)ncc1Cl. The molecule has 1 fully saturated rings. The van der Waals surface area contributed by atoms with E-state index in [4.69, 9.17) is 11.6 Å². The molecule has 0 radical (unpaired) electrons. The highest BCUT2D eigenvalue weighted by Crippen LogP contribution is 2.24. The Bertz CT molecular complexity index is 966. The molecular formula is C22H26ClN5O3. The number of piperidine rings is 1. The summed E-state index contributed by atoms with van der Waals surface area (Å²) in [4.78, 5) is 34.3. The molecule has 1 saturated heterocycles. The number of anilines is 2. The number of rotatable bonds is 7. The zero-order chi connectivity index (χ0) is 22.4. The van der Waals surface area contributed by atoms with Crippen LogP contribution in [0.3, 0.4) is 0 Å². The topological polar surface area (TPSA) is 107 Å². The van der Waals surface area contributed by atoms with Crippen LogP contribution in [0.15, 0.2) is 43.1 Å². The van der Waals surface area contributed by atoms with E-state index < -0.39 is 6.10 Å². The number of hydrogen-bond acceptors (Lipinski definition) is 6. The van der Waals surface area contributed by atoms with Crippen LogP contribution in [0.2, 0.25) is 5.02 Å². The number of carbonyl (C=O) groups excluding carboxylic acids is 2. The van der Waals surface area contributed by atoms with Crippen molar-refractivity contribution in [2.24, 2.45) is 0 Å². The summed E-state index contributed by atoms with van der Waals surface area (Å²) < 4.78 is 0. The number of nitrogens with zero attached hydrogens (tertiary/aromatic N) is 3. The summed E-state index contributed by atoms with van der Waals surface area (Å²) in [6.07, 6.45) is 3.83. The van der Waals surface area contributed by atoms with Gasteiger partial charge in [-0.2, -0.15) is 0 Å². The fourth-order valence-corrected chi connectivity index (χ4v) is 3.66. The third-order valence-electron chi connectivity index (χ3n) is 5.06. The predicted molar refractivity (Wildman–Crippen MR) is 120 cm³/mol. The third-order valence-corrected chi connectivity index (χ3v) is 5.37. The van der Waals surface area contributed by atoms with Crippen LogP contribution < -0.4 is 10.6 Å². The number of nitrogens with one attached hydrogen (secondary N) is 2. The largest absolute Gasteiger partial charge is 0.384 e. The number of halogens is 1. The van der Waals surface area contributed by atoms with Gasteiger partial charge in [-0.15, -0.1) is 0 Å². The molecule has 0 aliphatic carbocycles. The lowest BCUT2D eigenvalue weighted by atomic mass is 10.1. The summed E-state index contributed by atoms with van der Waals surface area (Å²) >= 11 is 6.34. The van der Waals surface area contributed by atoms with Crippen molar-refractivity contribution in [2.75, 3.05) is 23.7 Å². The molecule has 8 nitrogen and oxygen atoms in total. The van der Waals surface area contributed by atoms with Crippen LogP contribution in [0.4, 0.5) is 11.6 Å². The Hall–Kier alpha value is -2.97. The van der Waals surface area contributed by atoms with Gasteiger partial charge in [-0.25, -0.2) is 9.97 Å². The van der Waals surface area contributed by atoms with Crippen LogP contribution in [0, 0.1) is 0 Å². The van der Waals surface area contributed by atoms with Crippen molar-refractivity contribution in [1.29, 1.82) is 0 Å². The first-order chi connectivity index (χ1) is 14.9. The lowest BCUT2D eigenvalue weighted by Crippen LogP contribution is -2.48. The van der Waals surface area contributed by atoms with E-state index in [9.17, 15) is 14.7 Å². The Morgan fingerprint density at radius 2 is 2.19 bits per heavy atom. The zero-order valence-electron chi connectivity index (χ0n) is 17.3. The predicted octanol–water partition coefficient (Wildman–Crippen LogP) is 2.63. The van der Waals surface area contributed by atoms with Crippen molar-refractivity contribution >= 4 is 35.1 Å². The Kier molecular flexibility index (Phi) is 7.59. The van der Waals surface area contributed by atoms with Crippen molar-refractivity contribution in [1.82, 2.24) is 14.9 Å². The van der Waals surface area contributed by atoms with Crippen LogP contribution in [0.1, 0.15) is 31.0 Å². The molecule has 0 bridgehead atoms. The maximum absolute atomic E-state index is 12.1. The lowest BCUT2D eigenvalue weighted by molar-refractivity contribution is -0.140. The van der Waals surface area contributed by atoms with E-state index in [0.29, 0.717) is 41.9 Å². The van der Waals surface area contributed by atoms with E-state index >= 15 is 0 Å². The highest BCUT2D eigenvalue weighted by atomic mass is 35.5. The summed E-state index contributed by atoms with van der Waals surface area (Å²) in [6, 6.07) is 7.39. The van der Waals surface area contributed by atoms with E-state index in [-0.39, 0.29) is 17.9 Å². The quantitative estimate of drug-likeness (QED) is 0.568. The molecule has 3 N–H and O–H groups in total. The zero-order valence-corrected chi connectivity index (χ0v) is 18.1. The molecule has 9 heteroatoms. The number of aromatic nitrogens is 2. The van der Waals surface area contributed by atoms with E-state index in [2.05, 4.69) is 27.2 Å². The molecule has 1 aromatic heterocycles. The summed E-state index contributed by atoms with van der Waals surface area (Å²) in [6.45, 7) is 6.05. The summed E-state index contributed by atoms with van der Waals surface area (Å²) in [7, 11) is 0. The molecule has 1 aliphatic rings. The van der Waals surface area contributed by atoms with Crippen molar-refractivity contribution in [3.63, 3.8) is 0 Å². The van der Waals surface area contributed by atoms with Gasteiger partial charge in [0.25, 0.3) is 5.91 Å². The van der Waals surface area contributed by atoms with Gasteiger partial charge in [0.2, 0.25) is 11.9 Å². The first-order valence-corrected chi connectivity index (χ1v) is 10.5. The molecular weight excluding hydrogens is 418 g/mol. The minimum atomic E-state index is -1.02. The maximum atomic E-state index is 12.1. The second-order valence-corrected chi connectivity index (χ2v) is 7.87. The van der Waals surface area contributed by atoms with E-state index in [1.807, 2.05) is 18.2 Å². The average molecular weight is 444 g/mol. The standard InChI is InChI=1S/C22H26ClN5O3/c1-3-20(30)26-18-9-5-4-7-15(18)11-19-17(23)12-24-22(27-19)25-16-8-6-10-28(13-16)21(31)14(2)29/h3-5,7,9,12,14,16,29H,1,6,8,10-11,13H2,2H3,(H,26,30)(H,24,25,27)/t14-,16-/m0/s1. The minimum absolute atomic E-state index is 0.0235. The van der Waals surface area contributed by atoms with Gasteiger partial charge >= 0.3 is 0 Å². The summed E-state index contributed by atoms with van der Waals surface area (Å²) in [5, 5.41) is 16.1. The Morgan fingerprint density at radius 3 is 2.94 bits per heavy atom. The molecule has 2 atom stereocenters. The van der Waals surface area contributed by atoms with Crippen molar-refractivity contribution < 1.29 is 14.7 Å². The molecule has 31 heavy (non-hydrogen) atoms. The van der Waals surface area contributed by atoms with Gasteiger partial charge in [0.05, 0.1) is 16.9 Å². The average Bonchev–Trinajstić information content (AvgIpc) is 2.76. The fourth-order valence-electron chi connectivity index (χ4n) is 3.50. The van der Waals surface area contributed by atoms with Gasteiger partial charge in [-0.05, 0) is 37.5 Å². The first-order valence-electron chi connectivity index (χ1n) is 10.1. The molecule has 2 amide bonds. The maximum Gasteiger partial charge on any atom is 0.251 e. The van der Waals surface area contributed by atoms with Gasteiger partial charge in [0.1, 0.15) is 6.10 Å². The number of benzene rings is 1. The van der Waals surface area contributed by atoms with E-state index in [0.717, 1.165) is 18.4 Å². The number of hydrogen-bond donors (Lipinski definition) is 3. The monoisotopic (exact) mass is 443 g/mol. The fraction of sp³-hybridized carbons (Fsp3) is 0.364. The van der Waals surface area contributed by atoms with Crippen molar-refractivity contribution in [3.8, 4) is 0 Å². The highest BCUT2D eigenvalue weighted by Gasteiger charge is 2.26. The molecule has 0 unspecified atom stereocenters. The molecule has 2 heterocycles. The number of likely N-dealkylation sites (tertiary alicyclic amines) is 1. The van der Waals surface area contributed by atoms with E-state index in [1.54, 1.807) is 17.2 Å². The number of para-hydroxylation sites is 1. The Balaban J connectivity index is 1.73. The molecule has 1 aromatic carbocycles. The van der Waals surface area contributed by atoms with Gasteiger partial charge in [-0.1, -0.05) is 36.4 Å². The van der Waals surface area contributed by atoms with Gasteiger partial charge in [0.15, 0.2) is 0 Å². The second-order valence-electron chi connectivity index (χ2n) is 7.46. The molecule has 164 valence electrons. The number of aliphatic hydroxyl groups is 1. The molecule has 0 saturated carbocycles. The number of aliphatic hydroxyl groups excluding tert-OH is 1. The molecule has 3 rings (SSSR count). The van der Waals surface area contributed by atoms with Crippen LogP contribution in [-0.2, 0) is 16.0 Å². The second kappa shape index (κ2) is 10.4. The summed E-state index contributed by atoms with van der Waals surface area (Å²) in [5.74, 6) is -0.150. The van der Waals surface area contributed by atoms with Crippen LogP contribution >= 0.6 is 11.6 Å². The minimum Gasteiger partial charge on any atom is -0.384 e. The number of carbonyl (C=O) groups is 2. The lowest BCUT2D eigenvalue weighted by Gasteiger charge is -2.33. The van der Waals surface area contributed by atoms with Crippen molar-refractivity contribution in [3.05, 3.63) is 59.4 Å². The Morgan fingerprint density at radius 1 is 1.42 bits per heavy atom. The van der Waals surface area contributed by atoms with Gasteiger partial charge < -0.3 is 20.6 Å². The Labute approximate surface area is 186 Å². The van der Waals surface area contributed by atoms with Gasteiger partial charge in [0, 0.05) is 31.2 Å². The van der Waals surface area contributed by atoms with E-state index in [1.165, 1.54) is 13.0 Å². The van der Waals surface area contributed by atoms with Crippen LogP contribution in [0.25, 0.3) is 0 Å². The normalized spacial score (nSPS) is 17.0. The molecule has 0 spiro atoms. The molecule has 1 aliphatic heterocycles.